The second-order valence-corrected chi connectivity index (χ2v) is 7.52. The molecular formula is C22H24N6O4. The van der Waals surface area contributed by atoms with Crippen LogP contribution in [-0.2, 0) is 23.2 Å². The molecule has 166 valence electrons. The van der Waals surface area contributed by atoms with E-state index in [9.17, 15) is 14.4 Å². The molecule has 1 atom stereocenters. The summed E-state index contributed by atoms with van der Waals surface area (Å²) in [5, 5.41) is 7.18. The molecule has 1 aliphatic heterocycles. The molecule has 4 rings (SSSR count). The van der Waals surface area contributed by atoms with E-state index in [0.29, 0.717) is 18.1 Å². The maximum Gasteiger partial charge on any atom is 0.345 e. The number of hydrogen-bond donors (Lipinski definition) is 1. The fraction of sp³-hybridized carbons (Fsp3) is 0.318. The predicted octanol–water partition coefficient (Wildman–Crippen LogP) is 0.822. The maximum absolute atomic E-state index is 12.6. The Kier molecular flexibility index (Phi) is 6.02. The van der Waals surface area contributed by atoms with Gasteiger partial charge in [-0.2, -0.15) is 0 Å². The van der Waals surface area contributed by atoms with Crippen molar-refractivity contribution in [1.82, 2.24) is 24.6 Å². The van der Waals surface area contributed by atoms with E-state index in [1.54, 1.807) is 61.8 Å². The highest BCUT2D eigenvalue weighted by Gasteiger charge is 2.35. The van der Waals surface area contributed by atoms with E-state index in [0.717, 1.165) is 11.3 Å². The van der Waals surface area contributed by atoms with Gasteiger partial charge in [0.15, 0.2) is 5.82 Å². The van der Waals surface area contributed by atoms with Crippen LogP contribution in [0, 0.1) is 5.92 Å². The molecule has 1 unspecified atom stereocenters. The SMILES string of the molecule is COc1ccc(N2CC(C(=O)NCCn3nc(-c4cccnc4)n(C)c3=O)CC2=O)cc1. The number of methoxy groups -OCH3 is 1. The van der Waals surface area contributed by atoms with Crippen LogP contribution in [0.1, 0.15) is 6.42 Å². The molecule has 3 heterocycles. The van der Waals surface area contributed by atoms with Gasteiger partial charge >= 0.3 is 5.69 Å². The van der Waals surface area contributed by atoms with Crippen molar-refractivity contribution in [3.63, 3.8) is 0 Å². The lowest BCUT2D eigenvalue weighted by molar-refractivity contribution is -0.126. The number of nitrogens with zero attached hydrogens (tertiary/aromatic N) is 5. The summed E-state index contributed by atoms with van der Waals surface area (Å²) in [5.41, 5.74) is 1.19. The smallest absolute Gasteiger partial charge is 0.345 e. The lowest BCUT2D eigenvalue weighted by Gasteiger charge is -2.17. The van der Waals surface area contributed by atoms with E-state index in [2.05, 4.69) is 15.4 Å². The van der Waals surface area contributed by atoms with Gasteiger partial charge in [-0.25, -0.2) is 9.48 Å². The second kappa shape index (κ2) is 9.04. The Hall–Kier alpha value is -3.95. The zero-order chi connectivity index (χ0) is 22.7. The maximum atomic E-state index is 12.6. The van der Waals surface area contributed by atoms with Crippen molar-refractivity contribution in [2.24, 2.45) is 13.0 Å². The number of hydrogen-bond acceptors (Lipinski definition) is 6. The van der Waals surface area contributed by atoms with Crippen molar-refractivity contribution in [2.45, 2.75) is 13.0 Å². The first-order chi connectivity index (χ1) is 15.5. The Morgan fingerprint density at radius 3 is 2.69 bits per heavy atom. The topological polar surface area (TPSA) is 111 Å². The minimum absolute atomic E-state index is 0.0997. The molecule has 0 aliphatic carbocycles. The largest absolute Gasteiger partial charge is 0.497 e. The summed E-state index contributed by atoms with van der Waals surface area (Å²) in [6.45, 7) is 0.767. The third-order valence-corrected chi connectivity index (χ3v) is 5.46. The number of nitrogens with one attached hydrogen (secondary N) is 1. The average molecular weight is 436 g/mol. The molecule has 1 fully saturated rings. The van der Waals surface area contributed by atoms with Crippen LogP contribution < -0.4 is 20.6 Å². The van der Waals surface area contributed by atoms with E-state index in [1.165, 1.54) is 9.25 Å². The molecule has 1 saturated heterocycles. The minimum atomic E-state index is -0.448. The summed E-state index contributed by atoms with van der Waals surface area (Å²) in [4.78, 5) is 43.1. The van der Waals surface area contributed by atoms with Gasteiger partial charge in [0.2, 0.25) is 11.8 Å². The van der Waals surface area contributed by atoms with Gasteiger partial charge in [0.05, 0.1) is 19.6 Å². The zero-order valence-electron chi connectivity index (χ0n) is 17.9. The fourth-order valence-electron chi connectivity index (χ4n) is 3.70. The fourth-order valence-corrected chi connectivity index (χ4v) is 3.70. The molecule has 1 N–H and O–H groups in total. The molecule has 1 aromatic carbocycles. The van der Waals surface area contributed by atoms with E-state index >= 15 is 0 Å². The highest BCUT2D eigenvalue weighted by Crippen LogP contribution is 2.26. The van der Waals surface area contributed by atoms with Crippen molar-refractivity contribution in [3.05, 3.63) is 59.3 Å². The molecule has 10 nitrogen and oxygen atoms in total. The number of ether oxygens (including phenoxy) is 1. The molecule has 32 heavy (non-hydrogen) atoms. The number of aromatic nitrogens is 4. The van der Waals surface area contributed by atoms with Crippen molar-refractivity contribution in [2.75, 3.05) is 25.1 Å². The van der Waals surface area contributed by atoms with Crippen LogP contribution in [0.4, 0.5) is 5.69 Å². The highest BCUT2D eigenvalue weighted by molar-refractivity contribution is 6.00. The zero-order valence-corrected chi connectivity index (χ0v) is 17.9. The van der Waals surface area contributed by atoms with E-state index < -0.39 is 5.92 Å². The van der Waals surface area contributed by atoms with Crippen molar-refractivity contribution in [3.8, 4) is 17.1 Å². The quantitative estimate of drug-likeness (QED) is 0.587. The Balaban J connectivity index is 1.34. The number of amides is 2. The third kappa shape index (κ3) is 4.25. The summed E-state index contributed by atoms with van der Waals surface area (Å²) < 4.78 is 7.90. The van der Waals surface area contributed by atoms with Crippen molar-refractivity contribution >= 4 is 17.5 Å². The molecule has 0 radical (unpaired) electrons. The summed E-state index contributed by atoms with van der Waals surface area (Å²) in [6, 6.07) is 10.7. The molecular weight excluding hydrogens is 412 g/mol. The van der Waals surface area contributed by atoms with Crippen LogP contribution >= 0.6 is 0 Å². The molecule has 10 heteroatoms. The van der Waals surface area contributed by atoms with Crippen molar-refractivity contribution < 1.29 is 14.3 Å². The third-order valence-electron chi connectivity index (χ3n) is 5.46. The number of pyridine rings is 1. The molecule has 1 aliphatic rings. The van der Waals surface area contributed by atoms with Crippen LogP contribution in [-0.4, -0.2) is 51.3 Å². The standard InChI is InChI=1S/C22H24N6O4/c1-26-20(15-4-3-9-23-13-15)25-28(22(26)31)11-10-24-21(30)16-12-19(29)27(14-16)17-5-7-18(32-2)8-6-17/h3-9,13,16H,10-12,14H2,1-2H3,(H,24,30). The van der Waals surface area contributed by atoms with Crippen LogP contribution in [0.15, 0.2) is 53.6 Å². The first-order valence-electron chi connectivity index (χ1n) is 10.2. The Morgan fingerprint density at radius 2 is 2.00 bits per heavy atom. The van der Waals surface area contributed by atoms with Gasteiger partial charge < -0.3 is 15.0 Å². The molecule has 0 saturated carbocycles. The first kappa shape index (κ1) is 21.3. The lowest BCUT2D eigenvalue weighted by atomic mass is 10.1. The number of carbonyl (C=O) groups is 2. The van der Waals surface area contributed by atoms with E-state index in [4.69, 9.17) is 4.74 Å². The van der Waals surface area contributed by atoms with Gasteiger partial charge in [-0.15, -0.1) is 5.10 Å². The number of carbonyl (C=O) groups excluding carboxylic acids is 2. The molecule has 2 amide bonds. The summed E-state index contributed by atoms with van der Waals surface area (Å²) >= 11 is 0. The first-order valence-corrected chi connectivity index (χ1v) is 10.2. The highest BCUT2D eigenvalue weighted by atomic mass is 16.5. The van der Waals surface area contributed by atoms with Crippen LogP contribution in [0.5, 0.6) is 5.75 Å². The molecule has 3 aromatic rings. The van der Waals surface area contributed by atoms with E-state index in [-0.39, 0.29) is 37.0 Å². The molecule has 0 bridgehead atoms. The monoisotopic (exact) mass is 436 g/mol. The van der Waals surface area contributed by atoms with E-state index in [1.807, 2.05) is 6.07 Å². The summed E-state index contributed by atoms with van der Waals surface area (Å²) in [7, 11) is 3.22. The van der Waals surface area contributed by atoms with Crippen LogP contribution in [0.25, 0.3) is 11.4 Å². The van der Waals surface area contributed by atoms with Gasteiger partial charge in [-0.1, -0.05) is 0 Å². The van der Waals surface area contributed by atoms with Crippen LogP contribution in [0.3, 0.4) is 0 Å². The second-order valence-electron chi connectivity index (χ2n) is 7.52. The molecule has 2 aromatic heterocycles. The predicted molar refractivity (Wildman–Crippen MR) is 117 cm³/mol. The van der Waals surface area contributed by atoms with Gasteiger partial charge in [-0.3, -0.25) is 19.1 Å². The number of rotatable bonds is 7. The normalized spacial score (nSPS) is 15.8. The average Bonchev–Trinajstić information content (AvgIpc) is 3.35. The van der Waals surface area contributed by atoms with Gasteiger partial charge in [-0.05, 0) is 36.4 Å². The minimum Gasteiger partial charge on any atom is -0.497 e. The van der Waals surface area contributed by atoms with Gasteiger partial charge in [0.25, 0.3) is 0 Å². The lowest BCUT2D eigenvalue weighted by Crippen LogP contribution is -2.36. The van der Waals surface area contributed by atoms with Gasteiger partial charge in [0.1, 0.15) is 5.75 Å². The van der Waals surface area contributed by atoms with Crippen molar-refractivity contribution in [1.29, 1.82) is 0 Å². The molecule has 0 spiro atoms. The Labute approximate surface area is 184 Å². The van der Waals surface area contributed by atoms with Crippen LogP contribution in [0.2, 0.25) is 0 Å². The number of benzene rings is 1. The Bertz CT molecular complexity index is 1170. The summed E-state index contributed by atoms with van der Waals surface area (Å²) in [5.74, 6) is 0.441. The number of anilines is 1. The summed E-state index contributed by atoms with van der Waals surface area (Å²) in [6.07, 6.45) is 3.43. The Morgan fingerprint density at radius 1 is 1.22 bits per heavy atom. The van der Waals surface area contributed by atoms with Gasteiger partial charge in [0, 0.05) is 50.2 Å².